The highest BCUT2D eigenvalue weighted by atomic mass is 32.2. The molecule has 2 heterocycles. The van der Waals surface area contributed by atoms with Gasteiger partial charge in [0.1, 0.15) is 6.04 Å². The summed E-state index contributed by atoms with van der Waals surface area (Å²) in [7, 11) is 0. The molecule has 2 aliphatic rings. The number of thioether (sulfide) groups is 1. The zero-order chi connectivity index (χ0) is 22.3. The van der Waals surface area contributed by atoms with Crippen molar-refractivity contribution in [2.75, 3.05) is 9.91 Å². The zero-order valence-electron chi connectivity index (χ0n) is 16.1. The second-order valence-electron chi connectivity index (χ2n) is 6.77. The van der Waals surface area contributed by atoms with Gasteiger partial charge in [-0.2, -0.15) is 0 Å². The van der Waals surface area contributed by atoms with Crippen LogP contribution in [0.15, 0.2) is 54.6 Å². The number of nitrogens with zero attached hydrogens (tertiary/aromatic N) is 3. The lowest BCUT2D eigenvalue weighted by molar-refractivity contribution is -0.138. The maximum atomic E-state index is 13.1. The Morgan fingerprint density at radius 3 is 2.45 bits per heavy atom. The van der Waals surface area contributed by atoms with Crippen LogP contribution in [0.4, 0.5) is 11.4 Å². The molecule has 2 atom stereocenters. The first-order chi connectivity index (χ1) is 14.8. The van der Waals surface area contributed by atoms with Crippen LogP contribution in [-0.4, -0.2) is 48.7 Å². The predicted octanol–water partition coefficient (Wildman–Crippen LogP) is 2.60. The molecule has 31 heavy (non-hydrogen) atoms. The van der Waals surface area contributed by atoms with E-state index in [0.29, 0.717) is 15.7 Å². The average Bonchev–Trinajstić information content (AvgIpc) is 3.22. The number of fused-ring (bicyclic) bond motifs is 1. The Morgan fingerprint density at radius 1 is 1.10 bits per heavy atom. The van der Waals surface area contributed by atoms with Crippen molar-refractivity contribution in [3.63, 3.8) is 0 Å². The highest BCUT2D eigenvalue weighted by Crippen LogP contribution is 2.41. The summed E-state index contributed by atoms with van der Waals surface area (Å²) in [4.78, 5) is 38.0. The molecule has 2 N–H and O–H groups in total. The van der Waals surface area contributed by atoms with Crippen molar-refractivity contribution in [2.24, 2.45) is 0 Å². The largest absolute Gasteiger partial charge is 0.480 e. The van der Waals surface area contributed by atoms with Gasteiger partial charge in [0.25, 0.3) is 11.8 Å². The third-order valence-corrected chi connectivity index (χ3v) is 6.56. The number of anilines is 2. The molecule has 2 amide bonds. The van der Waals surface area contributed by atoms with Crippen molar-refractivity contribution in [1.29, 1.82) is 0 Å². The Morgan fingerprint density at radius 2 is 1.77 bits per heavy atom. The number of hydrogen-bond acceptors (Lipinski definition) is 6. The van der Waals surface area contributed by atoms with Gasteiger partial charge in [-0.15, -0.1) is 0 Å². The second kappa shape index (κ2) is 8.25. The van der Waals surface area contributed by atoms with Crippen LogP contribution in [0.3, 0.4) is 0 Å². The molecule has 11 heteroatoms. The van der Waals surface area contributed by atoms with Gasteiger partial charge in [-0.1, -0.05) is 48.2 Å². The van der Waals surface area contributed by atoms with Gasteiger partial charge in [0, 0.05) is 5.56 Å². The van der Waals surface area contributed by atoms with E-state index in [4.69, 9.17) is 29.5 Å². The molecule has 2 unspecified atom stereocenters. The van der Waals surface area contributed by atoms with Crippen LogP contribution in [0.2, 0.25) is 0 Å². The zero-order valence-corrected chi connectivity index (χ0v) is 18.5. The van der Waals surface area contributed by atoms with E-state index in [9.17, 15) is 14.4 Å². The highest BCUT2D eigenvalue weighted by molar-refractivity contribution is 8.24. The fourth-order valence-corrected chi connectivity index (χ4v) is 5.10. The molecule has 158 valence electrons. The summed E-state index contributed by atoms with van der Waals surface area (Å²) in [5.74, 6) is -1.86. The smallest absolute Gasteiger partial charge is 0.325 e. The minimum atomic E-state index is -1.13. The Hall–Kier alpha value is -3.02. The van der Waals surface area contributed by atoms with E-state index in [1.807, 2.05) is 18.2 Å². The van der Waals surface area contributed by atoms with E-state index >= 15 is 0 Å². The van der Waals surface area contributed by atoms with Gasteiger partial charge in [-0.05, 0) is 49.5 Å². The summed E-state index contributed by atoms with van der Waals surface area (Å²) in [6.07, 6.45) is 0. The predicted molar refractivity (Wildman–Crippen MR) is 126 cm³/mol. The van der Waals surface area contributed by atoms with E-state index in [2.05, 4.69) is 5.32 Å². The molecular weight excluding hydrogens is 456 g/mol. The number of carboxylic acids is 1. The van der Waals surface area contributed by atoms with Crippen LogP contribution in [-0.2, 0) is 9.59 Å². The van der Waals surface area contributed by atoms with Crippen LogP contribution in [0, 0.1) is 0 Å². The molecule has 0 aliphatic carbocycles. The molecule has 8 nitrogen and oxygen atoms in total. The van der Waals surface area contributed by atoms with Crippen LogP contribution in [0.1, 0.15) is 17.3 Å². The molecule has 0 saturated carbocycles. The number of nitrogens with one attached hydrogen (secondary N) is 1. The van der Waals surface area contributed by atoms with E-state index in [-0.39, 0.29) is 16.6 Å². The first-order valence-corrected chi connectivity index (χ1v) is 10.9. The molecule has 2 aliphatic heterocycles. The van der Waals surface area contributed by atoms with Crippen LogP contribution in [0.25, 0.3) is 0 Å². The Kier molecular flexibility index (Phi) is 5.65. The van der Waals surface area contributed by atoms with Gasteiger partial charge in [-0.25, -0.2) is 10.0 Å². The molecule has 0 aromatic heterocycles. The molecule has 2 aromatic rings. The van der Waals surface area contributed by atoms with Crippen LogP contribution in [0.5, 0.6) is 0 Å². The molecule has 0 radical (unpaired) electrons. The SMILES string of the molecule is CC(NC(=O)c1cccc(N2C(=S)SC3C(=O)N(c4ccccc4)C(=S)N32)c1)C(=O)O. The Labute approximate surface area is 192 Å². The van der Waals surface area contributed by atoms with Crippen LogP contribution >= 0.6 is 36.2 Å². The number of carboxylic acid groups (broad SMARTS) is 1. The number of carbonyl (C=O) groups is 3. The standard InChI is InChI=1S/C20H16N4O4S3/c1-11(18(27)28)21-15(25)12-6-5-9-14(10-12)23-20(30)31-17-16(26)22(19(29)24(17)23)13-7-3-2-4-8-13/h2-11,17H,1H3,(H,21,25)(H,27,28). The van der Waals surface area contributed by atoms with E-state index < -0.39 is 23.3 Å². The number of hydrogen-bond donors (Lipinski definition) is 2. The third-order valence-electron chi connectivity index (χ3n) is 4.73. The summed E-state index contributed by atoms with van der Waals surface area (Å²) < 4.78 is 0.421. The van der Waals surface area contributed by atoms with E-state index in [1.165, 1.54) is 23.6 Å². The minimum Gasteiger partial charge on any atom is -0.480 e. The van der Waals surface area contributed by atoms with E-state index in [1.54, 1.807) is 46.4 Å². The van der Waals surface area contributed by atoms with Crippen molar-refractivity contribution in [3.05, 3.63) is 60.2 Å². The van der Waals surface area contributed by atoms with Gasteiger partial charge in [0.05, 0.1) is 11.4 Å². The number of thiocarbonyl (C=S) groups is 2. The van der Waals surface area contributed by atoms with Crippen molar-refractivity contribution in [3.8, 4) is 0 Å². The Balaban J connectivity index is 1.64. The average molecular weight is 473 g/mol. The van der Waals surface area contributed by atoms with Gasteiger partial charge in [0.15, 0.2) is 9.69 Å². The normalized spacial score (nSPS) is 18.9. The van der Waals surface area contributed by atoms with Crippen molar-refractivity contribution in [2.45, 2.75) is 18.3 Å². The number of para-hydroxylation sites is 1. The first kappa shape index (κ1) is 21.2. The summed E-state index contributed by atoms with van der Waals surface area (Å²) in [6.45, 7) is 1.38. The lowest BCUT2D eigenvalue weighted by Gasteiger charge is -2.29. The van der Waals surface area contributed by atoms with Crippen molar-refractivity contribution in [1.82, 2.24) is 10.3 Å². The third kappa shape index (κ3) is 3.75. The highest BCUT2D eigenvalue weighted by Gasteiger charge is 2.53. The molecule has 4 rings (SSSR count). The fourth-order valence-electron chi connectivity index (χ4n) is 3.20. The number of carbonyl (C=O) groups excluding carboxylic acids is 2. The first-order valence-electron chi connectivity index (χ1n) is 9.16. The monoisotopic (exact) mass is 472 g/mol. The van der Waals surface area contributed by atoms with Gasteiger partial charge >= 0.3 is 5.97 Å². The van der Waals surface area contributed by atoms with Crippen molar-refractivity contribution >= 4 is 74.8 Å². The molecular formula is C20H16N4O4S3. The van der Waals surface area contributed by atoms with Gasteiger partial charge in [-0.3, -0.25) is 19.3 Å². The number of hydrazine groups is 1. The topological polar surface area (TPSA) is 93.2 Å². The summed E-state index contributed by atoms with van der Waals surface area (Å²) in [5, 5.41) is 14.3. The van der Waals surface area contributed by atoms with Gasteiger partial charge < -0.3 is 10.4 Å². The minimum absolute atomic E-state index is 0.199. The molecule has 0 spiro atoms. The lowest BCUT2D eigenvalue weighted by atomic mass is 10.1. The maximum Gasteiger partial charge on any atom is 0.325 e. The summed E-state index contributed by atoms with van der Waals surface area (Å²) >= 11 is 12.3. The lowest BCUT2D eigenvalue weighted by Crippen LogP contribution is -2.44. The fraction of sp³-hybridized carbons (Fsp3) is 0.150. The number of benzene rings is 2. The van der Waals surface area contributed by atoms with Crippen molar-refractivity contribution < 1.29 is 19.5 Å². The molecule has 2 fully saturated rings. The summed E-state index contributed by atoms with van der Waals surface area (Å²) in [5.41, 5.74) is 1.47. The van der Waals surface area contributed by atoms with Gasteiger partial charge in [0.2, 0.25) is 5.11 Å². The molecule has 2 saturated heterocycles. The quantitative estimate of drug-likeness (QED) is 0.637. The number of rotatable bonds is 5. The molecule has 0 bridgehead atoms. The molecule has 2 aromatic carbocycles. The maximum absolute atomic E-state index is 13.1. The Bertz CT molecular complexity index is 1110. The second-order valence-corrected chi connectivity index (χ2v) is 8.85. The number of amides is 2. The van der Waals surface area contributed by atoms with Crippen LogP contribution < -0.4 is 15.2 Å². The number of aliphatic carboxylic acids is 1. The summed E-state index contributed by atoms with van der Waals surface area (Å²) in [6, 6.07) is 14.6. The van der Waals surface area contributed by atoms with E-state index in [0.717, 1.165) is 0 Å².